The number of hydrogen-bond donors (Lipinski definition) is 1. The Bertz CT molecular complexity index is 32.7. The van der Waals surface area contributed by atoms with Crippen LogP contribution in [0.3, 0.4) is 0 Å². The predicted molar refractivity (Wildman–Crippen MR) is 29.4 cm³/mol. The SMILES string of the molecule is OCC[As](Cl)Cl. The second-order valence-corrected chi connectivity index (χ2v) is 8.10. The van der Waals surface area contributed by atoms with E-state index in [1.807, 2.05) is 0 Å². The van der Waals surface area contributed by atoms with Crippen LogP contribution in [-0.4, -0.2) is 24.5 Å². The van der Waals surface area contributed by atoms with Gasteiger partial charge in [-0.05, 0) is 0 Å². The third-order valence-electron chi connectivity index (χ3n) is 0.269. The van der Waals surface area contributed by atoms with Crippen molar-refractivity contribution in [2.45, 2.75) is 5.21 Å². The van der Waals surface area contributed by atoms with E-state index in [1.54, 1.807) is 0 Å². The molecule has 38 valence electrons. The molecule has 1 nitrogen and oxygen atoms in total. The Kier molecular flexibility index (Phi) is 5.04. The molecule has 0 radical (unpaired) electrons. The zero-order chi connectivity index (χ0) is 4.99. The second-order valence-electron chi connectivity index (χ2n) is 0.750. The number of rotatable bonds is 2. The molecule has 0 spiro atoms. The molecule has 0 saturated carbocycles. The van der Waals surface area contributed by atoms with Crippen molar-refractivity contribution in [3.05, 3.63) is 0 Å². The molecule has 0 atom stereocenters. The molecule has 0 aromatic heterocycles. The molecule has 0 saturated heterocycles. The zero-order valence-corrected chi connectivity index (χ0v) is 6.45. The van der Waals surface area contributed by atoms with Crippen LogP contribution in [0.4, 0.5) is 0 Å². The van der Waals surface area contributed by atoms with Crippen LogP contribution in [0.5, 0.6) is 0 Å². The van der Waals surface area contributed by atoms with Crippen molar-refractivity contribution in [1.29, 1.82) is 0 Å². The van der Waals surface area contributed by atoms with Crippen molar-refractivity contribution < 1.29 is 5.11 Å². The summed E-state index contributed by atoms with van der Waals surface area (Å²) >= 11 is -1.53. The van der Waals surface area contributed by atoms with Crippen molar-refractivity contribution >= 4 is 32.7 Å². The van der Waals surface area contributed by atoms with Gasteiger partial charge in [0.15, 0.2) is 0 Å². The Morgan fingerprint density at radius 2 is 2.00 bits per heavy atom. The Morgan fingerprint density at radius 1 is 1.50 bits per heavy atom. The third-order valence-corrected chi connectivity index (χ3v) is 3.15. The molecule has 6 heavy (non-hydrogen) atoms. The minimum atomic E-state index is -1.53. The first-order chi connectivity index (χ1) is 2.77. The standard InChI is InChI=1S/C2H5AsCl2O/c4-3(5)1-2-6/h6H,1-2H2. The summed E-state index contributed by atoms with van der Waals surface area (Å²) in [6.07, 6.45) is 0. The normalized spacial score (nSPS) is 10.0. The van der Waals surface area contributed by atoms with E-state index in [1.165, 1.54) is 0 Å². The molecule has 0 unspecified atom stereocenters. The molecule has 0 aliphatic carbocycles. The first-order valence-corrected chi connectivity index (χ1v) is 7.73. The summed E-state index contributed by atoms with van der Waals surface area (Å²) in [5, 5.41) is 8.71. The molecule has 0 amide bonds. The Balaban J connectivity index is 2.63. The number of aliphatic hydroxyl groups is 1. The van der Waals surface area contributed by atoms with Crippen LogP contribution >= 0.6 is 19.9 Å². The van der Waals surface area contributed by atoms with Crippen molar-refractivity contribution in [3.63, 3.8) is 0 Å². The predicted octanol–water partition coefficient (Wildman–Crippen LogP) is 0.944. The van der Waals surface area contributed by atoms with Gasteiger partial charge in [0.1, 0.15) is 0 Å². The number of halogens is 2. The molecule has 0 aliphatic rings. The van der Waals surface area contributed by atoms with Crippen LogP contribution < -0.4 is 0 Å². The first kappa shape index (κ1) is 7.10. The van der Waals surface area contributed by atoms with Gasteiger partial charge in [-0.3, -0.25) is 0 Å². The minimum absolute atomic E-state index is 0.132. The van der Waals surface area contributed by atoms with Crippen LogP contribution in [-0.2, 0) is 0 Å². The summed E-state index contributed by atoms with van der Waals surface area (Å²) in [5.74, 6) is 0. The maximum absolute atomic E-state index is 8.10. The van der Waals surface area contributed by atoms with Crippen molar-refractivity contribution in [3.8, 4) is 0 Å². The summed E-state index contributed by atoms with van der Waals surface area (Å²) in [5.41, 5.74) is 0. The average Bonchev–Trinajstić information content (AvgIpc) is 1.35. The molecule has 0 aromatic rings. The Labute approximate surface area is 49.8 Å². The molecular formula is C2H5AsCl2O. The van der Waals surface area contributed by atoms with Crippen molar-refractivity contribution in [2.75, 3.05) is 6.61 Å². The van der Waals surface area contributed by atoms with Gasteiger partial charge >= 0.3 is 49.6 Å². The molecule has 0 fully saturated rings. The van der Waals surface area contributed by atoms with E-state index in [2.05, 4.69) is 0 Å². The van der Waals surface area contributed by atoms with Gasteiger partial charge in [0.25, 0.3) is 0 Å². The zero-order valence-electron chi connectivity index (χ0n) is 3.06. The fraction of sp³-hybridized carbons (Fsp3) is 1.00. The van der Waals surface area contributed by atoms with E-state index in [-0.39, 0.29) is 6.61 Å². The Hall–Kier alpha value is 1.10. The van der Waals surface area contributed by atoms with Crippen LogP contribution in [0.15, 0.2) is 0 Å². The average molecular weight is 191 g/mol. The van der Waals surface area contributed by atoms with Gasteiger partial charge in [-0.1, -0.05) is 0 Å². The van der Waals surface area contributed by atoms with E-state index in [0.717, 1.165) is 0 Å². The quantitative estimate of drug-likeness (QED) is 0.644. The summed E-state index contributed by atoms with van der Waals surface area (Å²) in [7, 11) is 10.7. The fourth-order valence-corrected chi connectivity index (χ4v) is 1.18. The summed E-state index contributed by atoms with van der Waals surface area (Å²) in [6, 6.07) is 0. The van der Waals surface area contributed by atoms with E-state index >= 15 is 0 Å². The number of aliphatic hydroxyl groups excluding tert-OH is 1. The topological polar surface area (TPSA) is 20.2 Å². The van der Waals surface area contributed by atoms with Gasteiger partial charge in [0.05, 0.1) is 0 Å². The van der Waals surface area contributed by atoms with E-state index in [9.17, 15) is 0 Å². The van der Waals surface area contributed by atoms with E-state index in [4.69, 9.17) is 25.0 Å². The molecule has 0 aromatic carbocycles. The van der Waals surface area contributed by atoms with Gasteiger partial charge in [-0.15, -0.1) is 0 Å². The van der Waals surface area contributed by atoms with Gasteiger partial charge < -0.3 is 0 Å². The molecule has 0 rings (SSSR count). The number of hydrogen-bond acceptors (Lipinski definition) is 1. The third kappa shape index (κ3) is 5.10. The summed E-state index contributed by atoms with van der Waals surface area (Å²) in [4.78, 5) is 0. The summed E-state index contributed by atoms with van der Waals surface area (Å²) in [6.45, 7) is 0.132. The van der Waals surface area contributed by atoms with Gasteiger partial charge in [-0.25, -0.2) is 0 Å². The van der Waals surface area contributed by atoms with Crippen molar-refractivity contribution in [2.24, 2.45) is 0 Å². The molecule has 0 aliphatic heterocycles. The molecule has 1 N–H and O–H groups in total. The fourth-order valence-electron chi connectivity index (χ4n) is 0.0756. The summed E-state index contributed by atoms with van der Waals surface area (Å²) < 4.78 is 0. The second kappa shape index (κ2) is 4.26. The molecule has 4 heteroatoms. The molecular weight excluding hydrogens is 186 g/mol. The van der Waals surface area contributed by atoms with Crippen LogP contribution in [0.1, 0.15) is 0 Å². The maximum atomic E-state index is 8.10. The van der Waals surface area contributed by atoms with Gasteiger partial charge in [0.2, 0.25) is 0 Å². The Morgan fingerprint density at radius 3 is 2.00 bits per heavy atom. The van der Waals surface area contributed by atoms with Crippen LogP contribution in [0.2, 0.25) is 5.21 Å². The van der Waals surface area contributed by atoms with Crippen molar-refractivity contribution in [1.82, 2.24) is 0 Å². The van der Waals surface area contributed by atoms with E-state index < -0.39 is 12.8 Å². The van der Waals surface area contributed by atoms with Gasteiger partial charge in [-0.2, -0.15) is 0 Å². The van der Waals surface area contributed by atoms with Crippen LogP contribution in [0.25, 0.3) is 0 Å². The van der Waals surface area contributed by atoms with Crippen LogP contribution in [0, 0.1) is 0 Å². The van der Waals surface area contributed by atoms with E-state index in [0.29, 0.717) is 5.21 Å². The first-order valence-electron chi connectivity index (χ1n) is 1.47. The monoisotopic (exact) mass is 190 g/mol. The van der Waals surface area contributed by atoms with Gasteiger partial charge in [0, 0.05) is 0 Å². The molecule has 0 bridgehead atoms. The molecule has 0 heterocycles.